The van der Waals surface area contributed by atoms with Crippen molar-refractivity contribution >= 4 is 17.2 Å². The first-order valence-corrected chi connectivity index (χ1v) is 7.53. The van der Waals surface area contributed by atoms with Crippen molar-refractivity contribution in [1.82, 2.24) is 10.2 Å². The number of amides is 1. The molecule has 2 rings (SSSR count). The van der Waals surface area contributed by atoms with Gasteiger partial charge in [0.1, 0.15) is 0 Å². The van der Waals surface area contributed by atoms with E-state index in [1.54, 1.807) is 11.3 Å². The quantitative estimate of drug-likeness (QED) is 0.908. The van der Waals surface area contributed by atoms with Gasteiger partial charge >= 0.3 is 0 Å². The fourth-order valence-corrected chi connectivity index (χ4v) is 3.41. The summed E-state index contributed by atoms with van der Waals surface area (Å²) in [6, 6.07) is 2.41. The number of carbonyl (C=O) groups excluding carboxylic acids is 1. The average molecular weight is 266 g/mol. The van der Waals surface area contributed by atoms with Crippen LogP contribution in [0.2, 0.25) is 0 Å². The first-order valence-electron chi connectivity index (χ1n) is 6.72. The van der Waals surface area contributed by atoms with Crippen LogP contribution >= 0.6 is 11.3 Å². The number of thiophene rings is 1. The van der Waals surface area contributed by atoms with E-state index in [4.69, 9.17) is 0 Å². The summed E-state index contributed by atoms with van der Waals surface area (Å²) in [6.45, 7) is 9.12. The van der Waals surface area contributed by atoms with Crippen molar-refractivity contribution in [1.29, 1.82) is 0 Å². The van der Waals surface area contributed by atoms with Crippen molar-refractivity contribution in [2.45, 2.75) is 39.7 Å². The van der Waals surface area contributed by atoms with Gasteiger partial charge in [-0.25, -0.2) is 0 Å². The average Bonchev–Trinajstić information content (AvgIpc) is 2.97. The van der Waals surface area contributed by atoms with Gasteiger partial charge in [0.05, 0.1) is 4.88 Å². The summed E-state index contributed by atoms with van der Waals surface area (Å²) >= 11 is 1.62. The van der Waals surface area contributed by atoms with Crippen LogP contribution in [0.1, 0.15) is 39.9 Å². The van der Waals surface area contributed by atoms with Gasteiger partial charge < -0.3 is 10.2 Å². The zero-order chi connectivity index (χ0) is 13.1. The van der Waals surface area contributed by atoms with Crippen molar-refractivity contribution < 1.29 is 4.79 Å². The molecule has 0 aliphatic carbocycles. The molecule has 18 heavy (non-hydrogen) atoms. The predicted molar refractivity (Wildman–Crippen MR) is 76.4 cm³/mol. The Bertz CT molecular complexity index is 402. The maximum absolute atomic E-state index is 12.6. The minimum atomic E-state index is 0.215. The molecule has 100 valence electrons. The molecule has 1 N–H and O–H groups in total. The first-order chi connectivity index (χ1) is 8.63. The van der Waals surface area contributed by atoms with E-state index in [0.29, 0.717) is 6.04 Å². The number of nitrogens with zero attached hydrogens (tertiary/aromatic N) is 1. The van der Waals surface area contributed by atoms with E-state index < -0.39 is 0 Å². The highest BCUT2D eigenvalue weighted by molar-refractivity contribution is 7.14. The van der Waals surface area contributed by atoms with E-state index in [9.17, 15) is 4.79 Å². The van der Waals surface area contributed by atoms with Gasteiger partial charge in [-0.1, -0.05) is 6.92 Å². The highest BCUT2D eigenvalue weighted by Gasteiger charge is 2.27. The lowest BCUT2D eigenvalue weighted by molar-refractivity contribution is 0.0697. The van der Waals surface area contributed by atoms with Gasteiger partial charge in [0.25, 0.3) is 5.91 Å². The second kappa shape index (κ2) is 5.85. The summed E-state index contributed by atoms with van der Waals surface area (Å²) in [5, 5.41) is 3.34. The molecule has 4 heteroatoms. The van der Waals surface area contributed by atoms with Gasteiger partial charge in [0.2, 0.25) is 0 Å². The van der Waals surface area contributed by atoms with Crippen molar-refractivity contribution in [3.05, 3.63) is 21.4 Å². The van der Waals surface area contributed by atoms with Crippen LogP contribution in [0.4, 0.5) is 0 Å². The Morgan fingerprint density at radius 2 is 2.33 bits per heavy atom. The van der Waals surface area contributed by atoms with Crippen LogP contribution < -0.4 is 5.32 Å². The third kappa shape index (κ3) is 2.75. The third-order valence-corrected chi connectivity index (χ3v) is 4.72. The van der Waals surface area contributed by atoms with Crippen LogP contribution in [-0.2, 0) is 0 Å². The molecular formula is C14H22N2OS. The molecule has 2 heterocycles. The SMILES string of the molecule is CCCN(C(=O)c1cc(C)c(C)s1)C1CCNC1. The Labute approximate surface area is 113 Å². The number of nitrogens with one attached hydrogen (secondary N) is 1. The van der Waals surface area contributed by atoms with Crippen LogP contribution in [0.15, 0.2) is 6.07 Å². The normalized spacial score (nSPS) is 19.2. The summed E-state index contributed by atoms with van der Waals surface area (Å²) in [4.78, 5) is 16.8. The number of rotatable bonds is 4. The van der Waals surface area contributed by atoms with Crippen molar-refractivity contribution in [3.63, 3.8) is 0 Å². The van der Waals surface area contributed by atoms with Crippen LogP contribution in [-0.4, -0.2) is 36.5 Å². The molecule has 0 aromatic carbocycles. The summed E-state index contributed by atoms with van der Waals surface area (Å²) < 4.78 is 0. The number of hydrogen-bond donors (Lipinski definition) is 1. The molecule has 1 aliphatic rings. The Kier molecular flexibility index (Phi) is 4.40. The van der Waals surface area contributed by atoms with Crippen molar-refractivity contribution in [3.8, 4) is 0 Å². The Morgan fingerprint density at radius 1 is 1.56 bits per heavy atom. The molecule has 1 atom stereocenters. The van der Waals surface area contributed by atoms with Crippen LogP contribution in [0, 0.1) is 13.8 Å². The summed E-state index contributed by atoms with van der Waals surface area (Å²) in [5.41, 5.74) is 1.23. The van der Waals surface area contributed by atoms with E-state index in [1.807, 2.05) is 6.07 Å². The molecule has 1 aliphatic heterocycles. The molecule has 3 nitrogen and oxygen atoms in total. The highest BCUT2D eigenvalue weighted by atomic mass is 32.1. The predicted octanol–water partition coefficient (Wildman–Crippen LogP) is 2.58. The fraction of sp³-hybridized carbons (Fsp3) is 0.643. The number of aryl methyl sites for hydroxylation is 2. The van der Waals surface area contributed by atoms with Gasteiger partial charge in [-0.3, -0.25) is 4.79 Å². The second-order valence-electron chi connectivity index (χ2n) is 5.00. The lowest BCUT2D eigenvalue weighted by Crippen LogP contribution is -2.41. The zero-order valence-electron chi connectivity index (χ0n) is 11.5. The molecule has 1 amide bonds. The smallest absolute Gasteiger partial charge is 0.264 e. The minimum Gasteiger partial charge on any atom is -0.334 e. The van der Waals surface area contributed by atoms with Gasteiger partial charge in [0, 0.05) is 24.0 Å². The van der Waals surface area contributed by atoms with Crippen molar-refractivity contribution in [2.75, 3.05) is 19.6 Å². The fourth-order valence-electron chi connectivity index (χ4n) is 2.42. The van der Waals surface area contributed by atoms with Crippen LogP contribution in [0.5, 0.6) is 0 Å². The zero-order valence-corrected chi connectivity index (χ0v) is 12.3. The summed E-state index contributed by atoms with van der Waals surface area (Å²) in [6.07, 6.45) is 2.10. The monoisotopic (exact) mass is 266 g/mol. The molecule has 0 bridgehead atoms. The lowest BCUT2D eigenvalue weighted by atomic mass is 10.2. The Morgan fingerprint density at radius 3 is 2.83 bits per heavy atom. The molecule has 0 radical (unpaired) electrons. The third-order valence-electron chi connectivity index (χ3n) is 3.58. The van der Waals surface area contributed by atoms with Gasteiger partial charge in [-0.05, 0) is 44.9 Å². The van der Waals surface area contributed by atoms with E-state index >= 15 is 0 Å². The maximum atomic E-state index is 12.6. The number of hydrogen-bond acceptors (Lipinski definition) is 3. The first kappa shape index (κ1) is 13.6. The Hall–Kier alpha value is -0.870. The number of carbonyl (C=O) groups is 1. The molecule has 0 saturated carbocycles. The largest absolute Gasteiger partial charge is 0.334 e. The van der Waals surface area contributed by atoms with E-state index in [1.165, 1.54) is 10.4 Å². The standard InChI is InChI=1S/C14H22N2OS/c1-4-7-16(12-5-6-15-9-12)14(17)13-8-10(2)11(3)18-13/h8,12,15H,4-7,9H2,1-3H3. The summed E-state index contributed by atoms with van der Waals surface area (Å²) in [5.74, 6) is 0.215. The van der Waals surface area contributed by atoms with Gasteiger partial charge in [-0.2, -0.15) is 0 Å². The molecular weight excluding hydrogens is 244 g/mol. The topological polar surface area (TPSA) is 32.3 Å². The van der Waals surface area contributed by atoms with Crippen molar-refractivity contribution in [2.24, 2.45) is 0 Å². The van der Waals surface area contributed by atoms with Crippen LogP contribution in [0.3, 0.4) is 0 Å². The van der Waals surface area contributed by atoms with E-state index in [0.717, 1.165) is 37.4 Å². The molecule has 1 saturated heterocycles. The molecule has 0 spiro atoms. The molecule has 1 aromatic heterocycles. The molecule has 1 aromatic rings. The molecule has 1 fully saturated rings. The summed E-state index contributed by atoms with van der Waals surface area (Å²) in [7, 11) is 0. The minimum absolute atomic E-state index is 0.215. The highest BCUT2D eigenvalue weighted by Crippen LogP contribution is 2.23. The van der Waals surface area contributed by atoms with Gasteiger partial charge in [0.15, 0.2) is 0 Å². The van der Waals surface area contributed by atoms with E-state index in [-0.39, 0.29) is 5.91 Å². The lowest BCUT2D eigenvalue weighted by Gasteiger charge is -2.27. The Balaban J connectivity index is 2.16. The van der Waals surface area contributed by atoms with Gasteiger partial charge in [-0.15, -0.1) is 11.3 Å². The molecule has 1 unspecified atom stereocenters. The van der Waals surface area contributed by atoms with Crippen LogP contribution in [0.25, 0.3) is 0 Å². The van der Waals surface area contributed by atoms with E-state index in [2.05, 4.69) is 31.0 Å². The second-order valence-corrected chi connectivity index (χ2v) is 6.25. The maximum Gasteiger partial charge on any atom is 0.264 e.